The molecule has 0 bridgehead atoms. The van der Waals surface area contributed by atoms with Gasteiger partial charge in [0.15, 0.2) is 0 Å². The van der Waals surface area contributed by atoms with Crippen molar-refractivity contribution in [1.82, 2.24) is 19.8 Å². The number of methoxy groups -OCH3 is 2. The summed E-state index contributed by atoms with van der Waals surface area (Å²) in [6.07, 6.45) is 7.52. The molecule has 0 spiro atoms. The molecule has 1 aliphatic carbocycles. The Morgan fingerprint density at radius 3 is 2.49 bits per heavy atom. The van der Waals surface area contributed by atoms with Crippen LogP contribution in [0.1, 0.15) is 34.0 Å². The molecule has 7 nitrogen and oxygen atoms in total. The molecule has 1 unspecified atom stereocenters. The first-order valence-corrected chi connectivity index (χ1v) is 12.7. The fourth-order valence-electron chi connectivity index (χ4n) is 5.18. The number of aryl methyl sites for hydroxylation is 2. The summed E-state index contributed by atoms with van der Waals surface area (Å²) in [7, 11) is 3.40. The Morgan fingerprint density at radius 2 is 1.77 bits per heavy atom. The maximum absolute atomic E-state index is 12.9. The van der Waals surface area contributed by atoms with Gasteiger partial charge in [-0.25, -0.2) is 0 Å². The Bertz CT molecular complexity index is 1210. The van der Waals surface area contributed by atoms with Gasteiger partial charge in [-0.3, -0.25) is 19.7 Å². The molecule has 182 valence electrons. The van der Waals surface area contributed by atoms with E-state index >= 15 is 0 Å². The Morgan fingerprint density at radius 1 is 1.03 bits per heavy atom. The number of hydrogen-bond acceptors (Lipinski definition) is 6. The third-order valence-corrected chi connectivity index (χ3v) is 7.39. The zero-order valence-electron chi connectivity index (χ0n) is 20.0. The number of carbonyl (C=O) groups excluding carboxylic acids is 1. The number of amides is 1. The van der Waals surface area contributed by atoms with Gasteiger partial charge in [0.1, 0.15) is 11.5 Å². The number of benzene rings is 1. The maximum Gasteiger partial charge on any atom is 0.227 e. The van der Waals surface area contributed by atoms with Gasteiger partial charge < -0.3 is 14.4 Å². The van der Waals surface area contributed by atoms with Gasteiger partial charge in [-0.1, -0.05) is 0 Å². The number of hydrogen-bond donors (Lipinski definition) is 0. The summed E-state index contributed by atoms with van der Waals surface area (Å²) in [6, 6.07) is 10.0. The van der Waals surface area contributed by atoms with E-state index in [1.807, 2.05) is 29.3 Å². The smallest absolute Gasteiger partial charge is 0.227 e. The molecule has 1 amide bonds. The van der Waals surface area contributed by atoms with Crippen LogP contribution in [-0.2, 0) is 24.1 Å². The third kappa shape index (κ3) is 4.90. The molecule has 5 rings (SSSR count). The van der Waals surface area contributed by atoms with Gasteiger partial charge in [-0.05, 0) is 69.7 Å². The average molecular weight is 537 g/mol. The number of piperazine rings is 1. The summed E-state index contributed by atoms with van der Waals surface area (Å²) in [5, 5.41) is 0. The molecule has 0 N–H and O–H groups in total. The number of ether oxygens (including phenoxy) is 2. The number of rotatable bonds is 5. The van der Waals surface area contributed by atoms with Gasteiger partial charge in [-0.2, -0.15) is 0 Å². The van der Waals surface area contributed by atoms with E-state index in [-0.39, 0.29) is 11.9 Å². The van der Waals surface area contributed by atoms with E-state index in [0.29, 0.717) is 19.5 Å². The minimum absolute atomic E-state index is 0.0473. The van der Waals surface area contributed by atoms with Crippen LogP contribution in [0.15, 0.2) is 53.4 Å². The highest BCUT2D eigenvalue weighted by atomic mass is 79.9. The number of nitrogens with zero attached hydrogens (tertiary/aromatic N) is 4. The van der Waals surface area contributed by atoms with Crippen molar-refractivity contribution in [1.29, 1.82) is 0 Å². The summed E-state index contributed by atoms with van der Waals surface area (Å²) in [5.74, 6) is 1.77. The Kier molecular flexibility index (Phi) is 7.02. The molecule has 1 atom stereocenters. The van der Waals surface area contributed by atoms with Crippen LogP contribution in [0.4, 0.5) is 0 Å². The Balaban J connectivity index is 1.45. The first-order chi connectivity index (χ1) is 17.1. The lowest BCUT2D eigenvalue weighted by Crippen LogP contribution is -2.50. The second kappa shape index (κ2) is 10.3. The minimum atomic E-state index is -0.0473. The quantitative estimate of drug-likeness (QED) is 0.493. The van der Waals surface area contributed by atoms with Crippen molar-refractivity contribution in [3.63, 3.8) is 0 Å². The normalized spacial score (nSPS) is 17.8. The largest absolute Gasteiger partial charge is 0.497 e. The molecular formula is C27H29BrN4O3. The van der Waals surface area contributed by atoms with Crippen molar-refractivity contribution in [3.8, 4) is 11.5 Å². The fourth-order valence-corrected chi connectivity index (χ4v) is 5.56. The maximum atomic E-state index is 12.9. The molecule has 0 radical (unpaired) electrons. The van der Waals surface area contributed by atoms with Crippen molar-refractivity contribution in [2.24, 2.45) is 0 Å². The van der Waals surface area contributed by atoms with Crippen molar-refractivity contribution in [3.05, 3.63) is 81.3 Å². The molecule has 1 aliphatic heterocycles. The second-order valence-corrected chi connectivity index (χ2v) is 9.87. The van der Waals surface area contributed by atoms with Gasteiger partial charge >= 0.3 is 0 Å². The van der Waals surface area contributed by atoms with Gasteiger partial charge in [0.05, 0.1) is 32.4 Å². The van der Waals surface area contributed by atoms with Gasteiger partial charge in [0, 0.05) is 60.9 Å². The molecule has 3 heterocycles. The van der Waals surface area contributed by atoms with Crippen LogP contribution in [0, 0.1) is 0 Å². The molecule has 8 heteroatoms. The van der Waals surface area contributed by atoms with Gasteiger partial charge in [0.2, 0.25) is 5.91 Å². The summed E-state index contributed by atoms with van der Waals surface area (Å²) in [6.45, 7) is 2.89. The zero-order valence-corrected chi connectivity index (χ0v) is 21.6. The summed E-state index contributed by atoms with van der Waals surface area (Å²) < 4.78 is 12.4. The van der Waals surface area contributed by atoms with Crippen molar-refractivity contribution in [2.75, 3.05) is 40.4 Å². The van der Waals surface area contributed by atoms with Crippen molar-refractivity contribution in [2.45, 2.75) is 25.3 Å². The highest BCUT2D eigenvalue weighted by molar-refractivity contribution is 9.10. The molecule has 0 saturated carbocycles. The van der Waals surface area contributed by atoms with Crippen LogP contribution < -0.4 is 9.47 Å². The Labute approximate surface area is 214 Å². The first-order valence-electron chi connectivity index (χ1n) is 11.9. The summed E-state index contributed by atoms with van der Waals surface area (Å²) >= 11 is 3.60. The van der Waals surface area contributed by atoms with E-state index in [1.165, 1.54) is 11.1 Å². The summed E-state index contributed by atoms with van der Waals surface area (Å²) in [4.78, 5) is 26.3. The number of aromatic nitrogens is 2. The second-order valence-electron chi connectivity index (χ2n) is 8.95. The highest BCUT2D eigenvalue weighted by Gasteiger charge is 2.35. The molecule has 2 aromatic heterocycles. The number of fused-ring (bicyclic) bond motifs is 2. The monoisotopic (exact) mass is 536 g/mol. The van der Waals surface area contributed by atoms with Crippen molar-refractivity contribution >= 4 is 21.8 Å². The molecular weight excluding hydrogens is 508 g/mol. The molecule has 35 heavy (non-hydrogen) atoms. The van der Waals surface area contributed by atoms with Crippen LogP contribution in [0.5, 0.6) is 11.5 Å². The molecule has 1 aromatic carbocycles. The SMILES string of the molecule is COc1cc2c(c(OC)c1)C(N1CCN(C(=O)Cc3ccncc3)CC1)c1ncc(Br)cc1CC2. The van der Waals surface area contributed by atoms with Crippen LogP contribution in [0.2, 0.25) is 0 Å². The van der Waals surface area contributed by atoms with Crippen molar-refractivity contribution < 1.29 is 14.3 Å². The predicted molar refractivity (Wildman–Crippen MR) is 137 cm³/mol. The third-order valence-electron chi connectivity index (χ3n) is 6.96. The van der Waals surface area contributed by atoms with E-state index in [1.54, 1.807) is 26.6 Å². The molecule has 2 aliphatic rings. The number of pyridine rings is 2. The van der Waals surface area contributed by atoms with Crippen LogP contribution in [0.3, 0.4) is 0 Å². The number of carbonyl (C=O) groups is 1. The van der Waals surface area contributed by atoms with Crippen LogP contribution in [-0.4, -0.2) is 66.1 Å². The van der Waals surface area contributed by atoms with E-state index < -0.39 is 0 Å². The van der Waals surface area contributed by atoms with Gasteiger partial charge in [0.25, 0.3) is 0 Å². The van der Waals surface area contributed by atoms with Gasteiger partial charge in [-0.15, -0.1) is 0 Å². The molecule has 1 saturated heterocycles. The lowest BCUT2D eigenvalue weighted by atomic mass is 9.94. The molecule has 1 fully saturated rings. The fraction of sp³-hybridized carbons (Fsp3) is 0.370. The summed E-state index contributed by atoms with van der Waals surface area (Å²) in [5.41, 5.74) is 5.66. The van der Waals surface area contributed by atoms with Crippen LogP contribution >= 0.6 is 15.9 Å². The van der Waals surface area contributed by atoms with E-state index in [9.17, 15) is 4.79 Å². The minimum Gasteiger partial charge on any atom is -0.497 e. The van der Waals surface area contributed by atoms with Crippen LogP contribution in [0.25, 0.3) is 0 Å². The average Bonchev–Trinajstić information content (AvgIpc) is 3.05. The lowest BCUT2D eigenvalue weighted by molar-refractivity contribution is -0.132. The van der Waals surface area contributed by atoms with E-state index in [0.717, 1.165) is 58.7 Å². The van der Waals surface area contributed by atoms with E-state index in [2.05, 4.69) is 37.9 Å². The first kappa shape index (κ1) is 23.8. The predicted octanol–water partition coefficient (Wildman–Crippen LogP) is 3.83. The molecule has 3 aromatic rings. The topological polar surface area (TPSA) is 67.8 Å². The standard InChI is InChI=1S/C27H29BrN4O3/c1-34-22-15-19-3-4-20-14-21(28)17-30-26(20)27(25(19)23(16-22)35-2)32-11-9-31(10-12-32)24(33)13-18-5-7-29-8-6-18/h5-8,14-17,27H,3-4,9-13H2,1-2H3. The van der Waals surface area contributed by atoms with E-state index in [4.69, 9.17) is 14.5 Å². The Hall–Kier alpha value is -2.97. The zero-order chi connectivity index (χ0) is 24.4. The lowest BCUT2D eigenvalue weighted by Gasteiger charge is -2.40. The number of halogens is 1. The highest BCUT2D eigenvalue weighted by Crippen LogP contribution is 2.43.